The van der Waals surface area contributed by atoms with Crippen molar-refractivity contribution in [2.75, 3.05) is 13.2 Å². The van der Waals surface area contributed by atoms with Crippen molar-refractivity contribution in [2.24, 2.45) is 0 Å². The van der Waals surface area contributed by atoms with Crippen molar-refractivity contribution in [2.45, 2.75) is 281 Å². The van der Waals surface area contributed by atoms with Crippen LogP contribution in [-0.2, 0) is 28.9 Å². The molecule has 7 atom stereocenters. The molecule has 1 aliphatic heterocycles. The predicted octanol–water partition coefficient (Wildman–Crippen LogP) is 10.2. The molecule has 0 spiro atoms. The van der Waals surface area contributed by atoms with Gasteiger partial charge in [0.05, 0.1) is 25.4 Å². The van der Waals surface area contributed by atoms with Crippen molar-refractivity contribution < 1.29 is 51.8 Å². The molecule has 1 amide bonds. The lowest BCUT2D eigenvalue weighted by atomic mass is 9.99. The van der Waals surface area contributed by atoms with Gasteiger partial charge >= 0.3 is 10.4 Å². The summed E-state index contributed by atoms with van der Waals surface area (Å²) in [4.78, 5) is 13.1. The molecule has 6 N–H and O–H groups in total. The SMILES string of the molecule is CCCCCCCCCCCCCCCCCCCCC(=O)NC(COC1OC(CO)C(O)C(OS(=O)(=O)O)C1O)C(O)CCCCCCCCCCCCCCCCC. The zero-order chi connectivity index (χ0) is 44.1. The number of aliphatic hydroxyl groups is 4. The largest absolute Gasteiger partial charge is 0.397 e. The van der Waals surface area contributed by atoms with E-state index < -0.39 is 59.9 Å². The highest BCUT2D eigenvalue weighted by Crippen LogP contribution is 2.26. The minimum Gasteiger partial charge on any atom is -0.394 e. The smallest absolute Gasteiger partial charge is 0.394 e. The topological polar surface area (TPSA) is 192 Å². The van der Waals surface area contributed by atoms with Gasteiger partial charge in [-0.1, -0.05) is 219 Å². The van der Waals surface area contributed by atoms with Gasteiger partial charge in [-0.05, 0) is 12.8 Å². The quantitative estimate of drug-likeness (QED) is 0.0252. The molecule has 12 nitrogen and oxygen atoms in total. The van der Waals surface area contributed by atoms with E-state index >= 15 is 0 Å². The van der Waals surface area contributed by atoms with E-state index in [1.165, 1.54) is 161 Å². The highest BCUT2D eigenvalue weighted by molar-refractivity contribution is 7.80. The van der Waals surface area contributed by atoms with Crippen LogP contribution in [0.1, 0.15) is 239 Å². The lowest BCUT2D eigenvalue weighted by molar-refractivity contribution is -0.298. The second kappa shape index (κ2) is 38.5. The van der Waals surface area contributed by atoms with E-state index in [0.29, 0.717) is 12.8 Å². The second-order valence-electron chi connectivity index (χ2n) is 17.8. The number of carbonyl (C=O) groups excluding carboxylic acids is 1. The minimum absolute atomic E-state index is 0.225. The average Bonchev–Trinajstić information content (AvgIpc) is 3.22. The van der Waals surface area contributed by atoms with Crippen LogP contribution in [0.4, 0.5) is 0 Å². The van der Waals surface area contributed by atoms with Gasteiger partial charge < -0.3 is 35.2 Å². The molecule has 13 heteroatoms. The number of hydrogen-bond acceptors (Lipinski definition) is 10. The second-order valence-corrected chi connectivity index (χ2v) is 18.8. The van der Waals surface area contributed by atoms with Gasteiger partial charge in [-0.15, -0.1) is 0 Å². The molecule has 0 aromatic carbocycles. The Morgan fingerprint density at radius 2 is 0.967 bits per heavy atom. The summed E-state index contributed by atoms with van der Waals surface area (Å²) in [5, 5.41) is 44.9. The molecule has 1 saturated heterocycles. The van der Waals surface area contributed by atoms with Gasteiger partial charge in [-0.3, -0.25) is 9.35 Å². The van der Waals surface area contributed by atoms with E-state index in [2.05, 4.69) is 23.3 Å². The molecular weight excluding hydrogens is 787 g/mol. The monoisotopic (exact) mass is 880 g/mol. The Morgan fingerprint density at radius 1 is 0.600 bits per heavy atom. The van der Waals surface area contributed by atoms with Crippen LogP contribution in [0, 0.1) is 0 Å². The van der Waals surface area contributed by atoms with Gasteiger partial charge in [-0.2, -0.15) is 8.42 Å². The average molecular weight is 880 g/mol. The summed E-state index contributed by atoms with van der Waals surface area (Å²) in [5.74, 6) is -0.225. The number of ether oxygens (including phenoxy) is 2. The Balaban J connectivity index is 2.44. The number of rotatable bonds is 43. The number of aliphatic hydroxyl groups excluding tert-OH is 4. The first-order valence-electron chi connectivity index (χ1n) is 24.9. The van der Waals surface area contributed by atoms with Crippen LogP contribution in [0.5, 0.6) is 0 Å². The van der Waals surface area contributed by atoms with Gasteiger partial charge in [-0.25, -0.2) is 4.18 Å². The molecule has 0 aliphatic carbocycles. The fraction of sp³-hybridized carbons (Fsp3) is 0.979. The Kier molecular flexibility index (Phi) is 36.7. The molecule has 0 radical (unpaired) electrons. The standard InChI is InChI=1S/C47H93NO11S/c1-3-5-7-9-11-13-15-17-19-20-21-23-25-27-29-31-33-35-37-43(51)48-40(39-57-47-45(53)46(59-60(54,55)56)44(52)42(38-49)58-47)41(50)36-34-32-30-28-26-24-22-18-16-14-12-10-8-6-4-2/h40-42,44-47,49-50,52-53H,3-39H2,1-2H3,(H,48,51)(H,54,55,56). The zero-order valence-electron chi connectivity index (χ0n) is 38.3. The van der Waals surface area contributed by atoms with E-state index in [9.17, 15) is 38.2 Å². The number of carbonyl (C=O) groups is 1. The number of hydrogen-bond donors (Lipinski definition) is 6. The summed E-state index contributed by atoms with van der Waals surface area (Å²) in [5.41, 5.74) is 0. The Morgan fingerprint density at radius 3 is 1.33 bits per heavy atom. The van der Waals surface area contributed by atoms with Crippen molar-refractivity contribution in [3.8, 4) is 0 Å². The molecule has 358 valence electrons. The number of unbranched alkanes of at least 4 members (excludes halogenated alkanes) is 31. The first kappa shape index (κ1) is 57.1. The van der Waals surface area contributed by atoms with E-state index in [4.69, 9.17) is 9.47 Å². The maximum Gasteiger partial charge on any atom is 0.397 e. The third-order valence-corrected chi connectivity index (χ3v) is 12.6. The zero-order valence-corrected chi connectivity index (χ0v) is 39.1. The third-order valence-electron chi connectivity index (χ3n) is 12.2. The number of nitrogens with one attached hydrogen (secondary N) is 1. The molecule has 7 unspecified atom stereocenters. The lowest BCUT2D eigenvalue weighted by Crippen LogP contribution is -2.61. The van der Waals surface area contributed by atoms with E-state index in [1.807, 2.05) is 0 Å². The van der Waals surface area contributed by atoms with Crippen LogP contribution in [0.25, 0.3) is 0 Å². The molecule has 0 bridgehead atoms. The maximum absolute atomic E-state index is 13.1. The molecule has 1 fully saturated rings. The van der Waals surface area contributed by atoms with Crippen LogP contribution in [0.3, 0.4) is 0 Å². The van der Waals surface area contributed by atoms with Crippen molar-refractivity contribution in [3.63, 3.8) is 0 Å². The summed E-state index contributed by atoms with van der Waals surface area (Å²) in [6.07, 6.45) is 32.4. The van der Waals surface area contributed by atoms with Crippen molar-refractivity contribution >= 4 is 16.3 Å². The first-order chi connectivity index (χ1) is 29.0. The molecular formula is C47H93NO11S. The van der Waals surface area contributed by atoms with Gasteiger partial charge in [0.15, 0.2) is 6.29 Å². The predicted molar refractivity (Wildman–Crippen MR) is 241 cm³/mol. The van der Waals surface area contributed by atoms with E-state index in [1.54, 1.807) is 0 Å². The highest BCUT2D eigenvalue weighted by atomic mass is 32.3. The summed E-state index contributed by atoms with van der Waals surface area (Å²) in [6.45, 7) is 3.47. The Bertz CT molecular complexity index is 1080. The van der Waals surface area contributed by atoms with Crippen molar-refractivity contribution in [1.29, 1.82) is 0 Å². The van der Waals surface area contributed by atoms with Crippen molar-refractivity contribution in [3.05, 3.63) is 0 Å². The Labute approximate surface area is 367 Å². The normalized spacial score (nSPS) is 20.7. The van der Waals surface area contributed by atoms with Gasteiger partial charge in [0.25, 0.3) is 0 Å². The molecule has 1 aliphatic rings. The fourth-order valence-corrected chi connectivity index (χ4v) is 8.79. The number of amides is 1. The van der Waals surface area contributed by atoms with Gasteiger partial charge in [0.2, 0.25) is 5.91 Å². The first-order valence-corrected chi connectivity index (χ1v) is 26.3. The van der Waals surface area contributed by atoms with Crippen LogP contribution in [0.2, 0.25) is 0 Å². The maximum atomic E-state index is 13.1. The lowest BCUT2D eigenvalue weighted by Gasteiger charge is -2.41. The molecule has 0 saturated carbocycles. The summed E-state index contributed by atoms with van der Waals surface area (Å²) in [6, 6.07) is -0.851. The summed E-state index contributed by atoms with van der Waals surface area (Å²) >= 11 is 0. The molecule has 0 aromatic heterocycles. The van der Waals surface area contributed by atoms with E-state index in [-0.39, 0.29) is 12.5 Å². The van der Waals surface area contributed by atoms with Crippen molar-refractivity contribution in [1.82, 2.24) is 5.32 Å². The van der Waals surface area contributed by atoms with E-state index in [0.717, 1.165) is 51.4 Å². The molecule has 1 heterocycles. The summed E-state index contributed by atoms with van der Waals surface area (Å²) < 4.78 is 47.7. The van der Waals surface area contributed by atoms with Crippen LogP contribution in [0.15, 0.2) is 0 Å². The minimum atomic E-state index is -5.07. The molecule has 0 aromatic rings. The highest BCUT2D eigenvalue weighted by Gasteiger charge is 2.48. The molecule has 60 heavy (non-hydrogen) atoms. The van der Waals surface area contributed by atoms with Gasteiger partial charge in [0.1, 0.15) is 24.4 Å². The van der Waals surface area contributed by atoms with Crippen LogP contribution in [-0.4, -0.2) is 95.4 Å². The van der Waals surface area contributed by atoms with Crippen LogP contribution >= 0.6 is 0 Å². The molecule has 1 rings (SSSR count). The fourth-order valence-electron chi connectivity index (χ4n) is 8.28. The Hall–Kier alpha value is -0.900. The third kappa shape index (κ3) is 31.0. The summed E-state index contributed by atoms with van der Waals surface area (Å²) in [7, 11) is -5.07. The van der Waals surface area contributed by atoms with Crippen LogP contribution < -0.4 is 5.32 Å². The van der Waals surface area contributed by atoms with Gasteiger partial charge in [0, 0.05) is 6.42 Å².